The van der Waals surface area contributed by atoms with Gasteiger partial charge in [-0.05, 0) is 15.9 Å². The van der Waals surface area contributed by atoms with Crippen molar-refractivity contribution in [2.75, 3.05) is 0 Å². The van der Waals surface area contributed by atoms with E-state index in [1.807, 2.05) is 0 Å². The zero-order valence-electron chi connectivity index (χ0n) is 6.38. The molecular weight excluding hydrogens is 285 g/mol. The first kappa shape index (κ1) is 11.3. The highest BCUT2D eigenvalue weighted by atomic mass is 79.9. The number of hydrogen-bond acceptors (Lipinski definition) is 3. The minimum absolute atomic E-state index is 0.262. The molecule has 76 valence electrons. The predicted molar refractivity (Wildman–Crippen MR) is 48.6 cm³/mol. The molecule has 0 unspecified atom stereocenters. The highest BCUT2D eigenvalue weighted by Crippen LogP contribution is 2.32. The zero-order chi connectivity index (χ0) is 10.9. The second-order valence-corrected chi connectivity index (χ2v) is 3.38. The Morgan fingerprint density at radius 2 is 2.21 bits per heavy atom. The molecule has 0 radical (unpaired) electrons. The van der Waals surface area contributed by atoms with Crippen LogP contribution < -0.4 is 0 Å². The molecule has 0 saturated heterocycles. The Morgan fingerprint density at radius 1 is 1.64 bits per heavy atom. The highest BCUT2D eigenvalue weighted by Gasteiger charge is 2.21. The van der Waals surface area contributed by atoms with Gasteiger partial charge in [-0.3, -0.25) is 10.1 Å². The summed E-state index contributed by atoms with van der Waals surface area (Å²) in [6, 6.07) is 0.833. The fraction of sp³-hybridized carbons (Fsp3) is 0.167. The van der Waals surface area contributed by atoms with E-state index in [0.29, 0.717) is 0 Å². The van der Waals surface area contributed by atoms with E-state index >= 15 is 0 Å². The minimum atomic E-state index is -2.86. The first-order valence-electron chi connectivity index (χ1n) is 3.22. The summed E-state index contributed by atoms with van der Waals surface area (Å²) in [5.41, 5.74) is -1.12. The van der Waals surface area contributed by atoms with Crippen molar-refractivity contribution in [2.24, 2.45) is 0 Å². The monoisotopic (exact) mass is 286 g/mol. The summed E-state index contributed by atoms with van der Waals surface area (Å²) in [6.07, 6.45) is -2.86. The lowest BCUT2D eigenvalue weighted by Crippen LogP contribution is -1.97. The molecule has 14 heavy (non-hydrogen) atoms. The smallest absolute Gasteiger partial charge is 0.258 e. The van der Waals surface area contributed by atoms with Crippen LogP contribution in [0.25, 0.3) is 0 Å². The fourth-order valence-electron chi connectivity index (χ4n) is 0.751. The van der Waals surface area contributed by atoms with Crippen molar-refractivity contribution in [2.45, 2.75) is 6.43 Å². The van der Waals surface area contributed by atoms with Crippen molar-refractivity contribution in [1.29, 1.82) is 0 Å². The third-order valence-corrected chi connectivity index (χ3v) is 2.23. The lowest BCUT2D eigenvalue weighted by atomic mass is 10.3. The first-order valence-corrected chi connectivity index (χ1v) is 4.39. The van der Waals surface area contributed by atoms with Crippen LogP contribution in [0.2, 0.25) is 5.02 Å². The number of nitrogens with zero attached hydrogens (tertiary/aromatic N) is 2. The van der Waals surface area contributed by atoms with Gasteiger partial charge in [0.15, 0.2) is 4.60 Å². The largest absolute Gasteiger partial charge is 0.303 e. The number of aromatic nitrogens is 1. The maximum atomic E-state index is 12.2. The molecule has 0 amide bonds. The SMILES string of the molecule is O=[N+]([O-])c1cc(Cl)c(C(F)F)nc1Br. The topological polar surface area (TPSA) is 56.0 Å². The van der Waals surface area contributed by atoms with E-state index in [4.69, 9.17) is 11.6 Å². The minimum Gasteiger partial charge on any atom is -0.258 e. The fourth-order valence-corrected chi connectivity index (χ4v) is 1.43. The second-order valence-electron chi connectivity index (χ2n) is 2.22. The molecule has 0 atom stereocenters. The summed E-state index contributed by atoms with van der Waals surface area (Å²) in [6.45, 7) is 0. The maximum absolute atomic E-state index is 12.2. The molecule has 0 N–H and O–H groups in total. The molecule has 0 spiro atoms. The third kappa shape index (κ3) is 2.16. The third-order valence-electron chi connectivity index (χ3n) is 1.34. The van der Waals surface area contributed by atoms with Crippen LogP contribution in [0.3, 0.4) is 0 Å². The average molecular weight is 287 g/mol. The van der Waals surface area contributed by atoms with Crippen molar-refractivity contribution < 1.29 is 13.7 Å². The predicted octanol–water partition coefficient (Wildman–Crippen LogP) is 3.34. The number of hydrogen-bond donors (Lipinski definition) is 0. The van der Waals surface area contributed by atoms with Gasteiger partial charge in [-0.25, -0.2) is 13.8 Å². The number of alkyl halides is 2. The van der Waals surface area contributed by atoms with Crippen molar-refractivity contribution >= 4 is 33.2 Å². The molecule has 0 aliphatic heterocycles. The Morgan fingerprint density at radius 3 is 2.64 bits per heavy atom. The molecule has 1 heterocycles. The molecule has 1 rings (SSSR count). The molecule has 0 saturated carbocycles. The molecule has 0 fully saturated rings. The Labute approximate surface area is 90.2 Å². The number of halogens is 4. The molecule has 0 aromatic carbocycles. The van der Waals surface area contributed by atoms with Gasteiger partial charge >= 0.3 is 5.69 Å². The van der Waals surface area contributed by atoms with Crippen LogP contribution in [0.15, 0.2) is 10.7 Å². The Kier molecular flexibility index (Phi) is 3.33. The molecule has 8 heteroatoms. The van der Waals surface area contributed by atoms with Gasteiger partial charge in [0, 0.05) is 6.07 Å². The van der Waals surface area contributed by atoms with Gasteiger partial charge in [-0.2, -0.15) is 0 Å². The van der Waals surface area contributed by atoms with Crippen LogP contribution >= 0.6 is 27.5 Å². The van der Waals surface area contributed by atoms with Crippen LogP contribution in [0.1, 0.15) is 12.1 Å². The lowest BCUT2D eigenvalue weighted by Gasteiger charge is -2.02. The standard InChI is InChI=1S/C6H2BrClF2N2O2/c7-5-3(12(13)14)1-2(8)4(11-5)6(9)10/h1,6H. The van der Waals surface area contributed by atoms with Gasteiger partial charge in [0.2, 0.25) is 0 Å². The summed E-state index contributed by atoms with van der Waals surface area (Å²) < 4.78 is 24.1. The van der Waals surface area contributed by atoms with Crippen molar-refractivity contribution in [3.05, 3.63) is 31.5 Å². The zero-order valence-corrected chi connectivity index (χ0v) is 8.72. The van der Waals surface area contributed by atoms with Crippen LogP contribution in [-0.4, -0.2) is 9.91 Å². The van der Waals surface area contributed by atoms with Gasteiger partial charge in [-0.15, -0.1) is 0 Å². The first-order chi connectivity index (χ1) is 6.43. The highest BCUT2D eigenvalue weighted by molar-refractivity contribution is 9.10. The summed E-state index contributed by atoms with van der Waals surface area (Å²) in [5.74, 6) is 0. The van der Waals surface area contributed by atoms with E-state index in [1.54, 1.807) is 0 Å². The van der Waals surface area contributed by atoms with Crippen LogP contribution in [-0.2, 0) is 0 Å². The molecule has 1 aromatic rings. The molecule has 4 nitrogen and oxygen atoms in total. The number of pyridine rings is 1. The Bertz CT molecular complexity index is 388. The number of nitro groups is 1. The number of rotatable bonds is 2. The average Bonchev–Trinajstić information content (AvgIpc) is 2.07. The van der Waals surface area contributed by atoms with Crippen molar-refractivity contribution in [3.8, 4) is 0 Å². The summed E-state index contributed by atoms with van der Waals surface area (Å²) >= 11 is 8.08. The van der Waals surface area contributed by atoms with Gasteiger partial charge < -0.3 is 0 Å². The van der Waals surface area contributed by atoms with Gasteiger partial charge in [0.1, 0.15) is 5.69 Å². The van der Waals surface area contributed by atoms with Gasteiger partial charge in [0.25, 0.3) is 6.43 Å². The quantitative estimate of drug-likeness (QED) is 0.476. The van der Waals surface area contributed by atoms with E-state index < -0.39 is 27.8 Å². The Balaban J connectivity index is 3.31. The van der Waals surface area contributed by atoms with E-state index in [2.05, 4.69) is 20.9 Å². The van der Waals surface area contributed by atoms with Crippen LogP contribution in [0.5, 0.6) is 0 Å². The van der Waals surface area contributed by atoms with Gasteiger partial charge in [-0.1, -0.05) is 11.6 Å². The van der Waals surface area contributed by atoms with E-state index in [0.717, 1.165) is 6.07 Å². The maximum Gasteiger partial charge on any atom is 0.303 e. The van der Waals surface area contributed by atoms with Crippen molar-refractivity contribution in [1.82, 2.24) is 4.98 Å². The van der Waals surface area contributed by atoms with E-state index in [9.17, 15) is 18.9 Å². The van der Waals surface area contributed by atoms with Crippen molar-refractivity contribution in [3.63, 3.8) is 0 Å². The second kappa shape index (κ2) is 4.14. The molecule has 1 aromatic heterocycles. The lowest BCUT2D eigenvalue weighted by molar-refractivity contribution is -0.386. The summed E-state index contributed by atoms with van der Waals surface area (Å²) in [5, 5.41) is 9.92. The molecule has 0 aliphatic rings. The molecule has 0 aliphatic carbocycles. The Hall–Kier alpha value is -0.820. The molecular formula is C6H2BrClF2N2O2. The van der Waals surface area contributed by atoms with E-state index in [1.165, 1.54) is 0 Å². The van der Waals surface area contributed by atoms with E-state index in [-0.39, 0.29) is 4.60 Å². The van der Waals surface area contributed by atoms with Crippen LogP contribution in [0.4, 0.5) is 14.5 Å². The normalized spacial score (nSPS) is 10.6. The molecule has 0 bridgehead atoms. The van der Waals surface area contributed by atoms with Crippen LogP contribution in [0, 0.1) is 10.1 Å². The summed E-state index contributed by atoms with van der Waals surface area (Å²) in [4.78, 5) is 12.9. The summed E-state index contributed by atoms with van der Waals surface area (Å²) in [7, 11) is 0. The van der Waals surface area contributed by atoms with Gasteiger partial charge in [0.05, 0.1) is 9.95 Å².